The van der Waals surface area contributed by atoms with Crippen molar-refractivity contribution < 1.29 is 14.4 Å². The molecule has 0 aromatic heterocycles. The first-order chi connectivity index (χ1) is 9.49. The van der Waals surface area contributed by atoms with E-state index < -0.39 is 5.97 Å². The SMILES string of the molecule is COC(=O)CO/N=C(/Cc1ccccc1)C(C)(C)CI. The maximum atomic E-state index is 11.1. The number of ether oxygens (including phenoxy) is 1. The van der Waals surface area contributed by atoms with Crippen LogP contribution in [0.5, 0.6) is 0 Å². The van der Waals surface area contributed by atoms with Crippen molar-refractivity contribution in [3.8, 4) is 0 Å². The summed E-state index contributed by atoms with van der Waals surface area (Å²) in [5.41, 5.74) is 2.00. The van der Waals surface area contributed by atoms with Crippen molar-refractivity contribution in [2.45, 2.75) is 20.3 Å². The van der Waals surface area contributed by atoms with Crippen LogP contribution in [0.25, 0.3) is 0 Å². The van der Waals surface area contributed by atoms with E-state index in [9.17, 15) is 4.79 Å². The van der Waals surface area contributed by atoms with E-state index in [1.54, 1.807) is 0 Å². The zero-order valence-corrected chi connectivity index (χ0v) is 14.2. The van der Waals surface area contributed by atoms with Crippen LogP contribution in [0.1, 0.15) is 19.4 Å². The topological polar surface area (TPSA) is 47.9 Å². The minimum atomic E-state index is -0.430. The zero-order valence-electron chi connectivity index (χ0n) is 12.1. The van der Waals surface area contributed by atoms with Crippen LogP contribution in [0.4, 0.5) is 0 Å². The second kappa shape index (κ2) is 8.24. The highest BCUT2D eigenvalue weighted by Crippen LogP contribution is 2.23. The normalized spacial score (nSPS) is 12.1. The average Bonchev–Trinajstić information content (AvgIpc) is 2.47. The molecule has 1 aromatic rings. The van der Waals surface area contributed by atoms with Gasteiger partial charge in [0.25, 0.3) is 0 Å². The molecular formula is C15H20INO3. The second-order valence-corrected chi connectivity index (χ2v) is 5.83. The third-order valence-electron chi connectivity index (χ3n) is 2.91. The summed E-state index contributed by atoms with van der Waals surface area (Å²) in [4.78, 5) is 16.2. The molecule has 0 amide bonds. The monoisotopic (exact) mass is 389 g/mol. The molecule has 0 radical (unpaired) electrons. The number of halogens is 1. The molecule has 1 rings (SSSR count). The first-order valence-corrected chi connectivity index (χ1v) is 7.88. The number of alkyl halides is 1. The number of rotatable bonds is 7. The largest absolute Gasteiger partial charge is 0.466 e. The van der Waals surface area contributed by atoms with E-state index in [2.05, 4.69) is 58.5 Å². The molecule has 4 nitrogen and oxygen atoms in total. The van der Waals surface area contributed by atoms with E-state index in [0.29, 0.717) is 6.42 Å². The molecule has 0 aliphatic carbocycles. The van der Waals surface area contributed by atoms with Gasteiger partial charge in [-0.15, -0.1) is 0 Å². The van der Waals surface area contributed by atoms with Gasteiger partial charge in [0.1, 0.15) is 0 Å². The average molecular weight is 389 g/mol. The summed E-state index contributed by atoms with van der Waals surface area (Å²) in [7, 11) is 1.33. The lowest BCUT2D eigenvalue weighted by Gasteiger charge is -2.23. The van der Waals surface area contributed by atoms with Gasteiger partial charge >= 0.3 is 5.97 Å². The van der Waals surface area contributed by atoms with Crippen LogP contribution in [-0.2, 0) is 20.8 Å². The van der Waals surface area contributed by atoms with Gasteiger partial charge in [-0.05, 0) is 5.56 Å². The number of carbonyl (C=O) groups excluding carboxylic acids is 1. The second-order valence-electron chi connectivity index (χ2n) is 5.07. The van der Waals surface area contributed by atoms with E-state index in [1.165, 1.54) is 12.7 Å². The Labute approximate surface area is 133 Å². The molecule has 0 aliphatic heterocycles. The van der Waals surface area contributed by atoms with Gasteiger partial charge in [0, 0.05) is 16.3 Å². The molecule has 0 heterocycles. The number of esters is 1. The zero-order chi connectivity index (χ0) is 15.0. The number of carbonyl (C=O) groups is 1. The number of nitrogens with zero attached hydrogens (tertiary/aromatic N) is 1. The molecule has 0 saturated carbocycles. The molecule has 5 heteroatoms. The predicted octanol–water partition coefficient (Wildman–Crippen LogP) is 3.24. The molecule has 0 fully saturated rings. The van der Waals surface area contributed by atoms with Crippen molar-refractivity contribution in [2.75, 3.05) is 18.1 Å². The Balaban J connectivity index is 2.80. The number of oxime groups is 1. The lowest BCUT2D eigenvalue weighted by Crippen LogP contribution is -2.28. The van der Waals surface area contributed by atoms with Crippen molar-refractivity contribution in [1.29, 1.82) is 0 Å². The van der Waals surface area contributed by atoms with Gasteiger partial charge in [0.05, 0.1) is 12.8 Å². The minimum absolute atomic E-state index is 0.0908. The Bertz CT molecular complexity index is 457. The van der Waals surface area contributed by atoms with Gasteiger partial charge in [-0.3, -0.25) is 0 Å². The smallest absolute Gasteiger partial charge is 0.346 e. The summed E-state index contributed by atoms with van der Waals surface area (Å²) >= 11 is 2.33. The van der Waals surface area contributed by atoms with Gasteiger partial charge in [0.15, 0.2) is 0 Å². The molecule has 0 bridgehead atoms. The van der Waals surface area contributed by atoms with Crippen molar-refractivity contribution in [3.63, 3.8) is 0 Å². The number of benzene rings is 1. The van der Waals surface area contributed by atoms with Gasteiger partial charge < -0.3 is 9.57 Å². The standard InChI is InChI=1S/C15H20INO3/c1-15(2,11-16)13(17-20-10-14(18)19-3)9-12-7-5-4-6-8-12/h4-8H,9-11H2,1-3H3/b17-13-. The number of hydrogen-bond donors (Lipinski definition) is 0. The summed E-state index contributed by atoms with van der Waals surface area (Å²) in [6.07, 6.45) is 0.706. The van der Waals surface area contributed by atoms with Crippen LogP contribution in [0.15, 0.2) is 35.5 Å². The molecule has 1 aromatic carbocycles. The molecule has 0 spiro atoms. The maximum Gasteiger partial charge on any atom is 0.346 e. The fourth-order valence-electron chi connectivity index (χ4n) is 1.48. The van der Waals surface area contributed by atoms with E-state index >= 15 is 0 Å². The van der Waals surface area contributed by atoms with Crippen LogP contribution >= 0.6 is 22.6 Å². The van der Waals surface area contributed by atoms with Crippen LogP contribution < -0.4 is 0 Å². The van der Waals surface area contributed by atoms with E-state index in [4.69, 9.17) is 4.84 Å². The van der Waals surface area contributed by atoms with Gasteiger partial charge in [-0.2, -0.15) is 0 Å². The van der Waals surface area contributed by atoms with E-state index in [-0.39, 0.29) is 12.0 Å². The highest BCUT2D eigenvalue weighted by atomic mass is 127. The van der Waals surface area contributed by atoms with Crippen molar-refractivity contribution in [3.05, 3.63) is 35.9 Å². The summed E-state index contributed by atoms with van der Waals surface area (Å²) in [5, 5.41) is 4.16. The molecule has 0 saturated heterocycles. The van der Waals surface area contributed by atoms with Crippen molar-refractivity contribution in [2.24, 2.45) is 10.6 Å². The Morgan fingerprint density at radius 1 is 1.30 bits per heavy atom. The van der Waals surface area contributed by atoms with Gasteiger partial charge in [-0.1, -0.05) is 71.9 Å². The Morgan fingerprint density at radius 2 is 1.95 bits per heavy atom. The maximum absolute atomic E-state index is 11.1. The fourth-order valence-corrected chi connectivity index (χ4v) is 1.92. The summed E-state index contributed by atoms with van der Waals surface area (Å²) in [6, 6.07) is 10.1. The van der Waals surface area contributed by atoms with Crippen LogP contribution in [0, 0.1) is 5.41 Å². The van der Waals surface area contributed by atoms with E-state index in [0.717, 1.165) is 10.1 Å². The first kappa shape index (κ1) is 16.9. The molecular weight excluding hydrogens is 369 g/mol. The summed E-state index contributed by atoms with van der Waals surface area (Å²) in [5.74, 6) is -0.430. The first-order valence-electron chi connectivity index (χ1n) is 6.35. The highest BCUT2D eigenvalue weighted by molar-refractivity contribution is 14.1. The minimum Gasteiger partial charge on any atom is -0.466 e. The van der Waals surface area contributed by atoms with E-state index in [1.807, 2.05) is 18.2 Å². The summed E-state index contributed by atoms with van der Waals surface area (Å²) < 4.78 is 5.44. The molecule has 20 heavy (non-hydrogen) atoms. The third-order valence-corrected chi connectivity index (χ3v) is 4.82. The van der Waals surface area contributed by atoms with Gasteiger partial charge in [-0.25, -0.2) is 4.79 Å². The molecule has 0 unspecified atom stereocenters. The predicted molar refractivity (Wildman–Crippen MR) is 88.2 cm³/mol. The van der Waals surface area contributed by atoms with Crippen LogP contribution in [0.3, 0.4) is 0 Å². The van der Waals surface area contributed by atoms with Crippen LogP contribution in [0.2, 0.25) is 0 Å². The molecule has 110 valence electrons. The number of hydrogen-bond acceptors (Lipinski definition) is 4. The third kappa shape index (κ3) is 5.48. The fraction of sp³-hybridized carbons (Fsp3) is 0.467. The quantitative estimate of drug-likeness (QED) is 0.237. The van der Waals surface area contributed by atoms with Crippen molar-refractivity contribution >= 4 is 34.3 Å². The highest BCUT2D eigenvalue weighted by Gasteiger charge is 2.25. The molecule has 0 atom stereocenters. The summed E-state index contributed by atoms with van der Waals surface area (Å²) in [6.45, 7) is 4.07. The van der Waals surface area contributed by atoms with Gasteiger partial charge in [0.2, 0.25) is 6.61 Å². The van der Waals surface area contributed by atoms with Crippen LogP contribution in [-0.4, -0.2) is 29.8 Å². The Hall–Kier alpha value is -1.11. The number of methoxy groups -OCH3 is 1. The Kier molecular flexibility index (Phi) is 6.98. The molecule has 0 aliphatic rings. The lowest BCUT2D eigenvalue weighted by molar-refractivity contribution is -0.145. The lowest BCUT2D eigenvalue weighted by atomic mass is 9.86. The molecule has 0 N–H and O–H groups in total. The Morgan fingerprint density at radius 3 is 2.50 bits per heavy atom. The van der Waals surface area contributed by atoms with Crippen molar-refractivity contribution in [1.82, 2.24) is 0 Å².